The van der Waals surface area contributed by atoms with E-state index in [1.54, 1.807) is 4.57 Å². The molecule has 1 aliphatic heterocycles. The van der Waals surface area contributed by atoms with Crippen molar-refractivity contribution >= 4 is 6.16 Å². The van der Waals surface area contributed by atoms with Crippen molar-refractivity contribution in [2.45, 2.75) is 13.0 Å². The van der Waals surface area contributed by atoms with Crippen LogP contribution in [0.3, 0.4) is 0 Å². The number of carbonyl (C=O) groups is 1. The molecule has 124 valence electrons. The second kappa shape index (κ2) is 5.94. The van der Waals surface area contributed by atoms with Crippen molar-refractivity contribution in [2.24, 2.45) is 0 Å². The number of pyridine rings is 1. The van der Waals surface area contributed by atoms with Crippen molar-refractivity contribution in [2.75, 3.05) is 0 Å². The fraction of sp³-hybridized carbons (Fsp3) is 0.100. The number of benzene rings is 2. The minimum Gasteiger partial charge on any atom is -0.449 e. The van der Waals surface area contributed by atoms with Crippen molar-refractivity contribution in [1.29, 1.82) is 0 Å². The van der Waals surface area contributed by atoms with Crippen LogP contribution in [0, 0.1) is 0 Å². The number of rotatable bonds is 2. The zero-order chi connectivity index (χ0) is 17.4. The Bertz CT molecular complexity index is 1020. The van der Waals surface area contributed by atoms with E-state index in [1.165, 1.54) is 6.07 Å². The van der Waals surface area contributed by atoms with E-state index in [0.717, 1.165) is 16.7 Å². The van der Waals surface area contributed by atoms with Crippen LogP contribution in [0.15, 0.2) is 65.5 Å². The lowest BCUT2D eigenvalue weighted by molar-refractivity contribution is 0.144. The molecule has 25 heavy (non-hydrogen) atoms. The van der Waals surface area contributed by atoms with E-state index in [4.69, 9.17) is 9.84 Å². The van der Waals surface area contributed by atoms with Crippen molar-refractivity contribution in [3.8, 4) is 28.1 Å². The van der Waals surface area contributed by atoms with Gasteiger partial charge in [0.25, 0.3) is 5.56 Å². The molecular formula is C20H15NO4. The number of hydrogen-bond donors (Lipinski definition) is 1. The highest BCUT2D eigenvalue weighted by Crippen LogP contribution is 2.37. The van der Waals surface area contributed by atoms with Gasteiger partial charge in [0.05, 0.1) is 11.3 Å². The molecule has 1 aliphatic rings. The number of carboxylic acid groups (broad SMARTS) is 1. The second-order valence-electron chi connectivity index (χ2n) is 5.87. The van der Waals surface area contributed by atoms with Gasteiger partial charge >= 0.3 is 6.16 Å². The summed E-state index contributed by atoms with van der Waals surface area (Å²) in [6.45, 7) is 0.488. The van der Waals surface area contributed by atoms with Crippen LogP contribution in [0.5, 0.6) is 5.75 Å². The molecule has 0 unspecified atom stereocenters. The summed E-state index contributed by atoms with van der Waals surface area (Å²) < 4.78 is 6.66. The number of hydrogen-bond acceptors (Lipinski definition) is 3. The molecular weight excluding hydrogens is 318 g/mol. The van der Waals surface area contributed by atoms with Gasteiger partial charge in [0.2, 0.25) is 0 Å². The predicted molar refractivity (Wildman–Crippen MR) is 93.9 cm³/mol. The third-order valence-corrected chi connectivity index (χ3v) is 4.41. The number of aromatic nitrogens is 1. The van der Waals surface area contributed by atoms with E-state index < -0.39 is 6.16 Å². The van der Waals surface area contributed by atoms with Crippen molar-refractivity contribution < 1.29 is 14.6 Å². The molecule has 3 aromatic rings. The van der Waals surface area contributed by atoms with E-state index in [9.17, 15) is 9.59 Å². The highest BCUT2D eigenvalue weighted by molar-refractivity contribution is 5.78. The van der Waals surface area contributed by atoms with Crippen LogP contribution in [0.1, 0.15) is 5.56 Å². The van der Waals surface area contributed by atoms with Gasteiger partial charge in [0, 0.05) is 12.1 Å². The number of ether oxygens (including phenoxy) is 1. The lowest BCUT2D eigenvalue weighted by Gasteiger charge is -2.24. The summed E-state index contributed by atoms with van der Waals surface area (Å²) in [5.41, 5.74) is 3.45. The molecule has 0 atom stereocenters. The molecule has 1 N–H and O–H groups in total. The van der Waals surface area contributed by atoms with Gasteiger partial charge < -0.3 is 14.4 Å². The standard InChI is InChI=1S/C20H15NO4/c22-19-16(13-6-2-1-3-7-13)12-17(25-20(23)24)18-15-9-5-4-8-14(15)10-11-21(18)19/h1-9,12H,10-11H2,(H,23,24). The Hall–Kier alpha value is -3.34. The van der Waals surface area contributed by atoms with Gasteiger partial charge in [-0.25, -0.2) is 4.79 Å². The van der Waals surface area contributed by atoms with E-state index in [2.05, 4.69) is 0 Å². The van der Waals surface area contributed by atoms with Crippen LogP contribution in [0.25, 0.3) is 22.4 Å². The molecule has 4 rings (SSSR count). The maximum atomic E-state index is 13.0. The average Bonchev–Trinajstić information content (AvgIpc) is 2.63. The highest BCUT2D eigenvalue weighted by Gasteiger charge is 2.24. The summed E-state index contributed by atoms with van der Waals surface area (Å²) >= 11 is 0. The molecule has 1 aromatic heterocycles. The number of fused-ring (bicyclic) bond motifs is 3. The molecule has 0 saturated carbocycles. The number of aryl methyl sites for hydroxylation is 1. The van der Waals surface area contributed by atoms with Gasteiger partial charge in [-0.15, -0.1) is 0 Å². The first-order valence-electron chi connectivity index (χ1n) is 7.97. The molecule has 0 bridgehead atoms. The molecule has 0 radical (unpaired) electrons. The fourth-order valence-electron chi connectivity index (χ4n) is 3.33. The minimum absolute atomic E-state index is 0.145. The molecule has 0 saturated heterocycles. The second-order valence-corrected chi connectivity index (χ2v) is 5.87. The minimum atomic E-state index is -1.40. The van der Waals surface area contributed by atoms with Crippen molar-refractivity contribution in [1.82, 2.24) is 4.57 Å². The summed E-state index contributed by atoms with van der Waals surface area (Å²) in [6.07, 6.45) is -0.683. The van der Waals surface area contributed by atoms with Crippen LogP contribution >= 0.6 is 0 Å². The predicted octanol–water partition coefficient (Wildman–Crippen LogP) is 3.80. The molecule has 2 aromatic carbocycles. The van der Waals surface area contributed by atoms with Crippen molar-refractivity contribution in [3.05, 3.63) is 76.6 Å². The highest BCUT2D eigenvalue weighted by atomic mass is 16.7. The SMILES string of the molecule is O=C(O)Oc1cc(-c2ccccc2)c(=O)n2c1-c1ccccc1CC2. The first-order valence-corrected chi connectivity index (χ1v) is 7.97. The summed E-state index contributed by atoms with van der Waals surface area (Å²) in [7, 11) is 0. The Morgan fingerprint density at radius 2 is 1.72 bits per heavy atom. The Morgan fingerprint density at radius 1 is 1.00 bits per heavy atom. The van der Waals surface area contributed by atoms with Crippen LogP contribution in [-0.2, 0) is 13.0 Å². The Labute approximate surface area is 143 Å². The average molecular weight is 333 g/mol. The monoisotopic (exact) mass is 333 g/mol. The van der Waals surface area contributed by atoms with Gasteiger partial charge in [0.15, 0.2) is 5.75 Å². The zero-order valence-electron chi connectivity index (χ0n) is 13.3. The number of nitrogens with zero attached hydrogens (tertiary/aromatic N) is 1. The van der Waals surface area contributed by atoms with Gasteiger partial charge in [-0.2, -0.15) is 0 Å². The molecule has 2 heterocycles. The first-order chi connectivity index (χ1) is 12.1. The van der Waals surface area contributed by atoms with Crippen LogP contribution in [-0.4, -0.2) is 15.8 Å². The summed E-state index contributed by atoms with van der Waals surface area (Å²) in [5, 5.41) is 9.14. The van der Waals surface area contributed by atoms with Crippen molar-refractivity contribution in [3.63, 3.8) is 0 Å². The van der Waals surface area contributed by atoms with Gasteiger partial charge in [-0.05, 0) is 23.6 Å². The molecule has 5 nitrogen and oxygen atoms in total. The topological polar surface area (TPSA) is 68.5 Å². The smallest absolute Gasteiger partial charge is 0.449 e. The summed E-state index contributed by atoms with van der Waals surface area (Å²) in [4.78, 5) is 24.2. The largest absolute Gasteiger partial charge is 0.511 e. The maximum Gasteiger partial charge on any atom is 0.511 e. The van der Waals surface area contributed by atoms with E-state index in [0.29, 0.717) is 24.2 Å². The summed E-state index contributed by atoms with van der Waals surface area (Å²) in [5.74, 6) is 0.179. The third-order valence-electron chi connectivity index (χ3n) is 4.41. The fourth-order valence-corrected chi connectivity index (χ4v) is 3.33. The van der Waals surface area contributed by atoms with E-state index in [1.807, 2.05) is 54.6 Å². The quantitative estimate of drug-likeness (QED) is 0.724. The van der Waals surface area contributed by atoms with Gasteiger partial charge in [-0.1, -0.05) is 54.6 Å². The lowest BCUT2D eigenvalue weighted by Crippen LogP contribution is -2.28. The van der Waals surface area contributed by atoms with Crippen LogP contribution in [0.4, 0.5) is 4.79 Å². The Kier molecular flexibility index (Phi) is 3.61. The van der Waals surface area contributed by atoms with E-state index in [-0.39, 0.29) is 11.3 Å². The normalized spacial score (nSPS) is 12.2. The zero-order valence-corrected chi connectivity index (χ0v) is 13.3. The van der Waals surface area contributed by atoms with Crippen LogP contribution < -0.4 is 10.3 Å². The molecule has 0 aliphatic carbocycles. The lowest BCUT2D eigenvalue weighted by atomic mass is 9.95. The molecule has 0 fully saturated rings. The Morgan fingerprint density at radius 3 is 2.48 bits per heavy atom. The van der Waals surface area contributed by atoms with Crippen LogP contribution in [0.2, 0.25) is 0 Å². The molecule has 0 amide bonds. The van der Waals surface area contributed by atoms with Gasteiger partial charge in [0.1, 0.15) is 0 Å². The molecule has 5 heteroatoms. The summed E-state index contributed by atoms with van der Waals surface area (Å²) in [6, 6.07) is 18.4. The van der Waals surface area contributed by atoms with Gasteiger partial charge in [-0.3, -0.25) is 4.79 Å². The van der Waals surface area contributed by atoms with E-state index >= 15 is 0 Å². The Balaban J connectivity index is 2.02. The first kappa shape index (κ1) is 15.2. The maximum absolute atomic E-state index is 13.0. The third kappa shape index (κ3) is 2.59. The molecule has 0 spiro atoms.